The fraction of sp³-hybridized carbons (Fsp3) is 0.417. The first-order chi connectivity index (χ1) is 8.82. The van der Waals surface area contributed by atoms with Crippen LogP contribution in [0.25, 0.3) is 0 Å². The molecule has 1 aromatic carbocycles. The zero-order valence-electron chi connectivity index (χ0n) is 10.6. The molecular formula is C12H17ClN2O3S. The molecule has 0 fully saturated rings. The van der Waals surface area contributed by atoms with Crippen molar-refractivity contribution in [2.24, 2.45) is 11.7 Å². The van der Waals surface area contributed by atoms with E-state index in [0.29, 0.717) is 11.6 Å². The first-order valence-electron chi connectivity index (χ1n) is 5.76. The zero-order valence-corrected chi connectivity index (χ0v) is 12.2. The number of carbonyl (C=O) groups excluding carboxylic acids is 1. The minimum atomic E-state index is -3.41. The van der Waals surface area contributed by atoms with Crippen LogP contribution in [0.2, 0.25) is 0 Å². The molecule has 1 amide bonds. The number of nitrogens with two attached hydrogens (primary N) is 1. The fourth-order valence-corrected chi connectivity index (χ4v) is 3.22. The van der Waals surface area contributed by atoms with Crippen molar-refractivity contribution in [2.45, 2.75) is 13.3 Å². The summed E-state index contributed by atoms with van der Waals surface area (Å²) in [6.07, 6.45) is 0.135. The number of hydrogen-bond donors (Lipinski definition) is 2. The normalized spacial score (nSPS) is 12.9. The van der Waals surface area contributed by atoms with E-state index < -0.39 is 15.9 Å². The van der Waals surface area contributed by atoms with E-state index in [9.17, 15) is 13.2 Å². The molecule has 1 aromatic rings. The average molecular weight is 305 g/mol. The van der Waals surface area contributed by atoms with E-state index in [1.54, 1.807) is 31.2 Å². The summed E-state index contributed by atoms with van der Waals surface area (Å²) in [4.78, 5) is 10.7. The van der Waals surface area contributed by atoms with Crippen LogP contribution in [0.4, 0.5) is 5.69 Å². The Hall–Kier alpha value is -1.27. The molecule has 0 radical (unpaired) electrons. The Balaban J connectivity index is 2.69. The molecule has 0 aromatic heterocycles. The molecular weight excluding hydrogens is 288 g/mol. The number of amides is 1. The van der Waals surface area contributed by atoms with E-state index in [0.717, 1.165) is 5.56 Å². The SMILES string of the molecule is CC(CCl)CS(=O)(=O)Nc1ccc(CC(N)=O)cc1. The first kappa shape index (κ1) is 15.8. The Kier molecular flexibility index (Phi) is 5.62. The molecule has 0 aliphatic carbocycles. The highest BCUT2D eigenvalue weighted by molar-refractivity contribution is 7.92. The summed E-state index contributed by atoms with van der Waals surface area (Å²) in [5, 5.41) is 0. The molecule has 0 heterocycles. The summed E-state index contributed by atoms with van der Waals surface area (Å²) in [6, 6.07) is 6.52. The lowest BCUT2D eigenvalue weighted by atomic mass is 10.1. The summed E-state index contributed by atoms with van der Waals surface area (Å²) in [5.41, 5.74) is 6.27. The van der Waals surface area contributed by atoms with Gasteiger partial charge in [0.25, 0.3) is 0 Å². The molecule has 19 heavy (non-hydrogen) atoms. The molecule has 106 valence electrons. The molecule has 1 atom stereocenters. The van der Waals surface area contributed by atoms with Crippen LogP contribution >= 0.6 is 11.6 Å². The van der Waals surface area contributed by atoms with E-state index in [2.05, 4.69) is 4.72 Å². The number of benzene rings is 1. The molecule has 3 N–H and O–H groups in total. The summed E-state index contributed by atoms with van der Waals surface area (Å²) in [6.45, 7) is 1.77. The minimum Gasteiger partial charge on any atom is -0.369 e. The van der Waals surface area contributed by atoms with Crippen LogP contribution in [-0.4, -0.2) is 26.0 Å². The quantitative estimate of drug-likeness (QED) is 0.745. The Bertz CT molecular complexity index is 528. The van der Waals surface area contributed by atoms with Crippen molar-refractivity contribution in [3.63, 3.8) is 0 Å². The number of anilines is 1. The zero-order chi connectivity index (χ0) is 14.5. The molecule has 5 nitrogen and oxygen atoms in total. The van der Waals surface area contributed by atoms with Gasteiger partial charge in [-0.2, -0.15) is 0 Å². The number of hydrogen-bond acceptors (Lipinski definition) is 3. The lowest BCUT2D eigenvalue weighted by Gasteiger charge is -2.11. The first-order valence-corrected chi connectivity index (χ1v) is 7.95. The monoisotopic (exact) mass is 304 g/mol. The van der Waals surface area contributed by atoms with Gasteiger partial charge in [0.2, 0.25) is 15.9 Å². The molecule has 0 aliphatic rings. The molecule has 0 aliphatic heterocycles. The summed E-state index contributed by atoms with van der Waals surface area (Å²) in [5.74, 6) is -0.282. The number of carbonyl (C=O) groups is 1. The number of halogens is 1. The van der Waals surface area contributed by atoms with Crippen molar-refractivity contribution in [3.8, 4) is 0 Å². The smallest absolute Gasteiger partial charge is 0.233 e. The fourth-order valence-electron chi connectivity index (χ4n) is 1.53. The van der Waals surface area contributed by atoms with Crippen molar-refractivity contribution in [2.75, 3.05) is 16.4 Å². The Morgan fingerprint density at radius 2 is 1.95 bits per heavy atom. The van der Waals surface area contributed by atoms with E-state index in [4.69, 9.17) is 17.3 Å². The Morgan fingerprint density at radius 1 is 1.37 bits per heavy atom. The van der Waals surface area contributed by atoms with Gasteiger partial charge in [-0.15, -0.1) is 11.6 Å². The van der Waals surface area contributed by atoms with Crippen LogP contribution in [0.15, 0.2) is 24.3 Å². The van der Waals surface area contributed by atoms with Gasteiger partial charge in [-0.05, 0) is 23.6 Å². The predicted octanol–water partition coefficient (Wildman–Crippen LogP) is 1.33. The minimum absolute atomic E-state index is 0.0282. The van der Waals surface area contributed by atoms with Crippen LogP contribution in [0, 0.1) is 5.92 Å². The van der Waals surface area contributed by atoms with E-state index in [1.807, 2.05) is 0 Å². The topological polar surface area (TPSA) is 89.3 Å². The lowest BCUT2D eigenvalue weighted by Crippen LogP contribution is -2.22. The van der Waals surface area contributed by atoms with Crippen LogP contribution in [-0.2, 0) is 21.2 Å². The van der Waals surface area contributed by atoms with E-state index in [1.165, 1.54) is 0 Å². The van der Waals surface area contributed by atoms with Crippen molar-refractivity contribution < 1.29 is 13.2 Å². The van der Waals surface area contributed by atoms with Gasteiger partial charge in [-0.25, -0.2) is 8.42 Å². The third-order valence-corrected chi connectivity index (χ3v) is 4.45. The van der Waals surface area contributed by atoms with Crippen molar-refractivity contribution in [1.29, 1.82) is 0 Å². The highest BCUT2D eigenvalue weighted by Gasteiger charge is 2.15. The summed E-state index contributed by atoms with van der Waals surface area (Å²) in [7, 11) is -3.41. The summed E-state index contributed by atoms with van der Waals surface area (Å²) < 4.78 is 26.0. The van der Waals surface area contributed by atoms with Crippen LogP contribution < -0.4 is 10.5 Å². The predicted molar refractivity (Wildman–Crippen MR) is 76.6 cm³/mol. The average Bonchev–Trinajstić information content (AvgIpc) is 2.30. The van der Waals surface area contributed by atoms with Gasteiger partial charge >= 0.3 is 0 Å². The van der Waals surface area contributed by atoms with Crippen molar-refractivity contribution >= 4 is 33.2 Å². The number of alkyl halides is 1. The van der Waals surface area contributed by atoms with Crippen molar-refractivity contribution in [3.05, 3.63) is 29.8 Å². The maximum Gasteiger partial charge on any atom is 0.233 e. The van der Waals surface area contributed by atoms with Gasteiger partial charge in [0.1, 0.15) is 0 Å². The molecule has 7 heteroatoms. The lowest BCUT2D eigenvalue weighted by molar-refractivity contribution is -0.117. The third-order valence-electron chi connectivity index (χ3n) is 2.37. The molecule has 0 bridgehead atoms. The Labute approximate surface area is 118 Å². The van der Waals surface area contributed by atoms with E-state index in [-0.39, 0.29) is 18.1 Å². The molecule has 1 rings (SSSR count). The number of rotatable bonds is 7. The van der Waals surface area contributed by atoms with Gasteiger partial charge in [0.05, 0.1) is 12.2 Å². The second kappa shape index (κ2) is 6.77. The maximum absolute atomic E-state index is 11.8. The third kappa shape index (κ3) is 5.94. The number of primary amides is 1. The molecule has 0 spiro atoms. The van der Waals surface area contributed by atoms with Crippen LogP contribution in [0.5, 0.6) is 0 Å². The van der Waals surface area contributed by atoms with Gasteiger partial charge in [0.15, 0.2) is 0 Å². The number of sulfonamides is 1. The molecule has 0 saturated heterocycles. The molecule has 1 unspecified atom stereocenters. The highest BCUT2D eigenvalue weighted by Crippen LogP contribution is 2.13. The standard InChI is InChI=1S/C12H17ClN2O3S/c1-9(7-13)8-19(17,18)15-11-4-2-10(3-5-11)6-12(14)16/h2-5,9,15H,6-8H2,1H3,(H2,14,16). The summed E-state index contributed by atoms with van der Waals surface area (Å²) >= 11 is 5.59. The van der Waals surface area contributed by atoms with Crippen molar-refractivity contribution in [1.82, 2.24) is 0 Å². The number of nitrogens with one attached hydrogen (secondary N) is 1. The van der Waals surface area contributed by atoms with E-state index >= 15 is 0 Å². The van der Waals surface area contributed by atoms with Crippen LogP contribution in [0.1, 0.15) is 12.5 Å². The van der Waals surface area contributed by atoms with Crippen LogP contribution in [0.3, 0.4) is 0 Å². The second-order valence-corrected chi connectivity index (χ2v) is 6.56. The van der Waals surface area contributed by atoms with Gasteiger partial charge in [-0.1, -0.05) is 19.1 Å². The Morgan fingerprint density at radius 3 is 2.42 bits per heavy atom. The highest BCUT2D eigenvalue weighted by atomic mass is 35.5. The largest absolute Gasteiger partial charge is 0.369 e. The van der Waals surface area contributed by atoms with Gasteiger partial charge < -0.3 is 5.73 Å². The molecule has 0 saturated carbocycles. The van der Waals surface area contributed by atoms with Gasteiger partial charge in [0, 0.05) is 11.6 Å². The second-order valence-electron chi connectivity index (χ2n) is 4.48. The maximum atomic E-state index is 11.8. The van der Waals surface area contributed by atoms with Gasteiger partial charge in [-0.3, -0.25) is 9.52 Å².